The third-order valence-electron chi connectivity index (χ3n) is 6.08. The molecule has 4 rings (SSSR count). The van der Waals surface area contributed by atoms with Crippen LogP contribution in [0.25, 0.3) is 11.1 Å². The monoisotopic (exact) mass is 526 g/mol. The molecule has 0 unspecified atom stereocenters. The van der Waals surface area contributed by atoms with Crippen molar-refractivity contribution in [3.63, 3.8) is 0 Å². The highest BCUT2D eigenvalue weighted by Gasteiger charge is 2.24. The van der Waals surface area contributed by atoms with Crippen LogP contribution in [0.4, 0.5) is 10.6 Å². The summed E-state index contributed by atoms with van der Waals surface area (Å²) in [5.41, 5.74) is 4.16. The molecule has 1 fully saturated rings. The van der Waals surface area contributed by atoms with Crippen LogP contribution in [0.5, 0.6) is 0 Å². The molecule has 1 aromatic heterocycles. The van der Waals surface area contributed by atoms with Crippen LogP contribution in [0, 0.1) is 6.92 Å². The Kier molecular flexibility index (Phi) is 8.01. The van der Waals surface area contributed by atoms with Gasteiger partial charge in [0.05, 0.1) is 10.6 Å². The highest BCUT2D eigenvalue weighted by molar-refractivity contribution is 6.34. The van der Waals surface area contributed by atoms with Gasteiger partial charge in [0.15, 0.2) is 0 Å². The zero-order chi connectivity index (χ0) is 25.8. The highest BCUT2D eigenvalue weighted by atomic mass is 35.5. The van der Waals surface area contributed by atoms with Gasteiger partial charge in [0.2, 0.25) is 0 Å². The maximum atomic E-state index is 12.5. The Bertz CT molecular complexity index is 1270. The number of aromatic nitrogens is 1. The average molecular weight is 527 g/mol. The predicted molar refractivity (Wildman–Crippen MR) is 143 cm³/mol. The highest BCUT2D eigenvalue weighted by Crippen LogP contribution is 2.29. The minimum atomic E-state index is -0.331. The number of benzene rings is 2. The summed E-state index contributed by atoms with van der Waals surface area (Å²) in [7, 11) is 3.39. The molecule has 0 atom stereocenters. The number of pyridine rings is 1. The summed E-state index contributed by atoms with van der Waals surface area (Å²) >= 11 is 12.4. The molecule has 2 aromatic carbocycles. The minimum absolute atomic E-state index is 0.135. The fraction of sp³-hybridized carbons (Fsp3) is 0.296. The average Bonchev–Trinajstić information content (AvgIpc) is 2.87. The molecule has 36 heavy (non-hydrogen) atoms. The zero-order valence-corrected chi connectivity index (χ0v) is 22.0. The molecule has 1 aliphatic heterocycles. The molecule has 0 radical (unpaired) electrons. The van der Waals surface area contributed by atoms with Crippen LogP contribution in [0.2, 0.25) is 10.0 Å². The minimum Gasteiger partial charge on any atom is -0.445 e. The number of nitrogens with zero attached hydrogens (tertiary/aromatic N) is 4. The molecule has 1 saturated heterocycles. The van der Waals surface area contributed by atoms with E-state index in [0.717, 1.165) is 28.1 Å². The van der Waals surface area contributed by atoms with Crippen LogP contribution in [-0.4, -0.2) is 67.1 Å². The molecule has 7 nitrogen and oxygen atoms in total. The number of hydrogen-bond donors (Lipinski definition) is 0. The van der Waals surface area contributed by atoms with Crippen LogP contribution in [0.1, 0.15) is 21.5 Å². The van der Waals surface area contributed by atoms with Crippen molar-refractivity contribution in [2.24, 2.45) is 0 Å². The Labute approximate surface area is 221 Å². The molecular weight excluding hydrogens is 499 g/mol. The van der Waals surface area contributed by atoms with Gasteiger partial charge in [0.1, 0.15) is 12.4 Å². The Morgan fingerprint density at radius 1 is 1.00 bits per heavy atom. The number of amides is 2. The van der Waals surface area contributed by atoms with Gasteiger partial charge in [-0.25, -0.2) is 9.78 Å². The number of carbonyl (C=O) groups is 2. The molecule has 0 spiro atoms. The number of halogens is 2. The third kappa shape index (κ3) is 5.91. The van der Waals surface area contributed by atoms with E-state index in [2.05, 4.69) is 11.0 Å². The Hall–Kier alpha value is -3.29. The molecule has 0 bridgehead atoms. The van der Waals surface area contributed by atoms with Gasteiger partial charge in [-0.15, -0.1) is 0 Å². The first kappa shape index (κ1) is 25.8. The van der Waals surface area contributed by atoms with E-state index in [9.17, 15) is 9.59 Å². The van der Waals surface area contributed by atoms with Crippen molar-refractivity contribution in [3.8, 4) is 11.1 Å². The number of ether oxygens (including phenoxy) is 1. The molecule has 2 heterocycles. The van der Waals surface area contributed by atoms with E-state index in [1.54, 1.807) is 43.3 Å². The number of piperazine rings is 1. The maximum absolute atomic E-state index is 12.5. The van der Waals surface area contributed by atoms with E-state index in [0.29, 0.717) is 41.8 Å². The second-order valence-corrected chi connectivity index (χ2v) is 9.76. The van der Waals surface area contributed by atoms with Crippen LogP contribution in [0.3, 0.4) is 0 Å². The lowest BCUT2D eigenvalue weighted by Gasteiger charge is -2.35. The van der Waals surface area contributed by atoms with E-state index < -0.39 is 0 Å². The number of anilines is 1. The van der Waals surface area contributed by atoms with Gasteiger partial charge in [0, 0.05) is 57.1 Å². The Morgan fingerprint density at radius 3 is 2.39 bits per heavy atom. The summed E-state index contributed by atoms with van der Waals surface area (Å²) in [6, 6.07) is 14.8. The third-order valence-corrected chi connectivity index (χ3v) is 6.63. The van der Waals surface area contributed by atoms with E-state index in [4.69, 9.17) is 32.9 Å². The summed E-state index contributed by atoms with van der Waals surface area (Å²) in [4.78, 5) is 34.8. The van der Waals surface area contributed by atoms with Crippen molar-refractivity contribution in [2.75, 3.05) is 45.2 Å². The molecular formula is C27H28Cl2N4O3. The van der Waals surface area contributed by atoms with Gasteiger partial charge in [-0.3, -0.25) is 4.79 Å². The van der Waals surface area contributed by atoms with Crippen molar-refractivity contribution in [2.45, 2.75) is 13.5 Å². The Morgan fingerprint density at radius 2 is 1.75 bits per heavy atom. The largest absolute Gasteiger partial charge is 0.445 e. The van der Waals surface area contributed by atoms with Crippen molar-refractivity contribution < 1.29 is 14.3 Å². The summed E-state index contributed by atoms with van der Waals surface area (Å²) in [6.07, 6.45) is 1.48. The van der Waals surface area contributed by atoms with E-state index in [1.807, 2.05) is 31.3 Å². The summed E-state index contributed by atoms with van der Waals surface area (Å²) in [5, 5.41) is 1.02. The molecule has 0 N–H and O–H groups in total. The van der Waals surface area contributed by atoms with Crippen LogP contribution < -0.4 is 4.90 Å². The van der Waals surface area contributed by atoms with Gasteiger partial charge in [-0.2, -0.15) is 0 Å². The lowest BCUT2D eigenvalue weighted by atomic mass is 10.0. The number of carbonyl (C=O) groups excluding carboxylic acids is 2. The summed E-state index contributed by atoms with van der Waals surface area (Å²) in [6.45, 7) is 4.63. The molecule has 2 amide bonds. The SMILES string of the molecule is Cc1cc(-c2ccc(C(=O)N(C)C)c(Cl)c2)cnc1N1CCN(C(=O)OCc2cccc(Cl)c2)CC1. The molecule has 3 aromatic rings. The number of rotatable bonds is 5. The van der Waals surface area contributed by atoms with Crippen molar-refractivity contribution in [1.29, 1.82) is 0 Å². The van der Waals surface area contributed by atoms with E-state index in [-0.39, 0.29) is 18.6 Å². The number of aryl methyl sites for hydroxylation is 1. The maximum Gasteiger partial charge on any atom is 0.410 e. The van der Waals surface area contributed by atoms with Gasteiger partial charge >= 0.3 is 6.09 Å². The van der Waals surface area contributed by atoms with Crippen LogP contribution in [-0.2, 0) is 11.3 Å². The van der Waals surface area contributed by atoms with Crippen LogP contribution >= 0.6 is 23.2 Å². The Balaban J connectivity index is 1.37. The van der Waals surface area contributed by atoms with Crippen molar-refractivity contribution in [3.05, 3.63) is 81.5 Å². The lowest BCUT2D eigenvalue weighted by molar-refractivity contribution is 0.0827. The van der Waals surface area contributed by atoms with Gasteiger partial charge in [0.25, 0.3) is 5.91 Å². The first-order valence-electron chi connectivity index (χ1n) is 11.6. The van der Waals surface area contributed by atoms with Crippen LogP contribution in [0.15, 0.2) is 54.7 Å². The normalized spacial score (nSPS) is 13.5. The molecule has 0 aliphatic carbocycles. The standard InChI is InChI=1S/C27H28Cl2N4O3/c1-18-13-21(20-7-8-23(24(29)15-20)26(34)31(2)3)16-30-25(18)32-9-11-33(12-10-32)27(35)36-17-19-5-4-6-22(28)14-19/h4-8,13-16H,9-12,17H2,1-3H3. The summed E-state index contributed by atoms with van der Waals surface area (Å²) < 4.78 is 5.46. The molecule has 188 valence electrons. The zero-order valence-electron chi connectivity index (χ0n) is 20.5. The fourth-order valence-electron chi connectivity index (χ4n) is 4.13. The predicted octanol–water partition coefficient (Wildman–Crippen LogP) is 5.52. The van der Waals surface area contributed by atoms with E-state index >= 15 is 0 Å². The van der Waals surface area contributed by atoms with E-state index in [1.165, 1.54) is 4.90 Å². The van der Waals surface area contributed by atoms with Gasteiger partial charge in [-0.1, -0.05) is 41.4 Å². The first-order valence-corrected chi connectivity index (χ1v) is 12.4. The second kappa shape index (κ2) is 11.2. The summed E-state index contributed by atoms with van der Waals surface area (Å²) in [5.74, 6) is 0.750. The first-order chi connectivity index (χ1) is 17.2. The smallest absolute Gasteiger partial charge is 0.410 e. The number of hydrogen-bond acceptors (Lipinski definition) is 5. The topological polar surface area (TPSA) is 66.0 Å². The van der Waals surface area contributed by atoms with Crippen molar-refractivity contribution >= 4 is 41.0 Å². The molecule has 9 heteroatoms. The van der Waals surface area contributed by atoms with Gasteiger partial charge < -0.3 is 19.4 Å². The van der Waals surface area contributed by atoms with Crippen molar-refractivity contribution in [1.82, 2.24) is 14.8 Å². The molecule has 1 aliphatic rings. The lowest BCUT2D eigenvalue weighted by Crippen LogP contribution is -2.49. The second-order valence-electron chi connectivity index (χ2n) is 8.92. The molecule has 0 saturated carbocycles. The fourth-order valence-corrected chi connectivity index (χ4v) is 4.60. The quantitative estimate of drug-likeness (QED) is 0.437. The van der Waals surface area contributed by atoms with Gasteiger partial charge in [-0.05, 0) is 53.9 Å².